The zero-order valence-electron chi connectivity index (χ0n) is 16.7. The molecule has 3 heteroatoms. The van der Waals surface area contributed by atoms with Crippen LogP contribution in [0.5, 0.6) is 5.75 Å². The zero-order valence-corrected chi connectivity index (χ0v) is 16.7. The molecule has 0 atom stereocenters. The Morgan fingerprint density at radius 2 is 1.54 bits per heavy atom. The molecule has 0 aromatic heterocycles. The monoisotopic (exact) mass is 382 g/mol. The van der Waals surface area contributed by atoms with Crippen molar-refractivity contribution in [2.45, 2.75) is 59.0 Å². The van der Waals surface area contributed by atoms with Crippen molar-refractivity contribution in [3.05, 3.63) is 65.7 Å². The molecule has 0 bridgehead atoms. The Morgan fingerprint density at radius 1 is 0.786 bits per heavy atom. The van der Waals surface area contributed by atoms with Gasteiger partial charge in [0.2, 0.25) is 0 Å². The van der Waals surface area contributed by atoms with E-state index in [2.05, 4.69) is 37.3 Å². The van der Waals surface area contributed by atoms with E-state index in [-0.39, 0.29) is 0 Å². The van der Waals surface area contributed by atoms with Crippen LogP contribution in [-0.2, 0) is 12.8 Å². The molecular formula is C25H28F2O. The van der Waals surface area contributed by atoms with Gasteiger partial charge >= 0.3 is 6.61 Å². The van der Waals surface area contributed by atoms with Gasteiger partial charge in [-0.25, -0.2) is 0 Å². The summed E-state index contributed by atoms with van der Waals surface area (Å²) in [5.41, 5.74) is 4.41. The van der Waals surface area contributed by atoms with Crippen molar-refractivity contribution >= 4 is 10.8 Å². The average Bonchev–Trinajstić information content (AvgIpc) is 2.70. The summed E-state index contributed by atoms with van der Waals surface area (Å²) in [6.45, 7) is 1.43. The second-order valence-corrected chi connectivity index (χ2v) is 7.27. The molecule has 0 aliphatic rings. The molecule has 3 aromatic rings. The molecule has 0 N–H and O–H groups in total. The molecule has 148 valence electrons. The topological polar surface area (TPSA) is 9.23 Å². The lowest BCUT2D eigenvalue weighted by atomic mass is 9.97. The Kier molecular flexibility index (Phi) is 7.02. The standard InChI is InChI=1S/C25H28F2O/c1-3-5-6-8-18-9-11-19(12-10-18)21-15-16-23-22(17-21)14-13-20(7-4-2)24(23)28-25(26)27/h9-17,25H,3-8H2,1-2H3. The number of fused-ring (bicyclic) bond motifs is 1. The van der Waals surface area contributed by atoms with Crippen LogP contribution in [0.4, 0.5) is 8.78 Å². The van der Waals surface area contributed by atoms with E-state index in [9.17, 15) is 8.78 Å². The molecule has 0 fully saturated rings. The Balaban J connectivity index is 1.90. The summed E-state index contributed by atoms with van der Waals surface area (Å²) in [5.74, 6) is 0.312. The third-order valence-electron chi connectivity index (χ3n) is 5.13. The SMILES string of the molecule is CCCCCc1ccc(-c2ccc3c(OC(F)F)c(CCC)ccc3c2)cc1. The highest BCUT2D eigenvalue weighted by Gasteiger charge is 2.14. The Hall–Kier alpha value is -2.42. The highest BCUT2D eigenvalue weighted by Crippen LogP contribution is 2.34. The smallest absolute Gasteiger partial charge is 0.387 e. The Morgan fingerprint density at radius 3 is 2.21 bits per heavy atom. The molecule has 0 saturated heterocycles. The third kappa shape index (κ3) is 4.89. The number of rotatable bonds is 9. The number of hydrogen-bond donors (Lipinski definition) is 0. The van der Waals surface area contributed by atoms with E-state index >= 15 is 0 Å². The fourth-order valence-electron chi connectivity index (χ4n) is 3.66. The molecule has 0 spiro atoms. The van der Waals surface area contributed by atoms with Gasteiger partial charge in [-0.15, -0.1) is 0 Å². The van der Waals surface area contributed by atoms with Crippen LogP contribution in [0.3, 0.4) is 0 Å². The van der Waals surface area contributed by atoms with Crippen LogP contribution in [0.15, 0.2) is 54.6 Å². The van der Waals surface area contributed by atoms with Crippen molar-refractivity contribution in [3.8, 4) is 16.9 Å². The van der Waals surface area contributed by atoms with Gasteiger partial charge in [0, 0.05) is 5.39 Å². The quantitative estimate of drug-likeness (QED) is 0.343. The molecular weight excluding hydrogens is 354 g/mol. The number of hydrogen-bond acceptors (Lipinski definition) is 1. The molecule has 0 saturated carbocycles. The summed E-state index contributed by atoms with van der Waals surface area (Å²) < 4.78 is 30.8. The van der Waals surface area contributed by atoms with Crippen molar-refractivity contribution in [2.24, 2.45) is 0 Å². The summed E-state index contributed by atoms with van der Waals surface area (Å²) in [6.07, 6.45) is 6.42. The minimum Gasteiger partial charge on any atom is -0.434 e. The molecule has 0 amide bonds. The zero-order chi connectivity index (χ0) is 19.9. The van der Waals surface area contributed by atoms with Crippen LogP contribution in [0.25, 0.3) is 21.9 Å². The van der Waals surface area contributed by atoms with Crippen LogP contribution in [0, 0.1) is 0 Å². The van der Waals surface area contributed by atoms with Gasteiger partial charge in [-0.3, -0.25) is 0 Å². The fraction of sp³-hybridized carbons (Fsp3) is 0.360. The van der Waals surface area contributed by atoms with Gasteiger partial charge in [0.25, 0.3) is 0 Å². The van der Waals surface area contributed by atoms with Crippen molar-refractivity contribution in [3.63, 3.8) is 0 Å². The average molecular weight is 382 g/mol. The van der Waals surface area contributed by atoms with Crippen LogP contribution >= 0.6 is 0 Å². The summed E-state index contributed by atoms with van der Waals surface area (Å²) >= 11 is 0. The maximum atomic E-state index is 12.9. The van der Waals surface area contributed by atoms with E-state index < -0.39 is 6.61 Å². The maximum absolute atomic E-state index is 12.9. The molecule has 0 unspecified atom stereocenters. The van der Waals surface area contributed by atoms with Gasteiger partial charge in [0.15, 0.2) is 0 Å². The van der Waals surface area contributed by atoms with Crippen molar-refractivity contribution in [2.75, 3.05) is 0 Å². The van der Waals surface area contributed by atoms with E-state index in [0.717, 1.165) is 46.7 Å². The van der Waals surface area contributed by atoms with Gasteiger partial charge in [-0.2, -0.15) is 8.78 Å². The number of halogens is 2. The van der Waals surface area contributed by atoms with Crippen molar-refractivity contribution in [1.29, 1.82) is 0 Å². The van der Waals surface area contributed by atoms with Gasteiger partial charge in [-0.1, -0.05) is 81.6 Å². The largest absolute Gasteiger partial charge is 0.434 e. The molecule has 0 aliphatic heterocycles. The lowest BCUT2D eigenvalue weighted by Gasteiger charge is -2.14. The second kappa shape index (κ2) is 9.68. The molecule has 28 heavy (non-hydrogen) atoms. The fourth-order valence-corrected chi connectivity index (χ4v) is 3.66. The van der Waals surface area contributed by atoms with Gasteiger partial charge < -0.3 is 4.74 Å². The first kappa shape index (κ1) is 20.3. The molecule has 3 rings (SSSR count). The third-order valence-corrected chi connectivity index (χ3v) is 5.13. The predicted molar refractivity (Wildman–Crippen MR) is 113 cm³/mol. The minimum absolute atomic E-state index is 0.312. The second-order valence-electron chi connectivity index (χ2n) is 7.27. The normalized spacial score (nSPS) is 11.3. The van der Waals surface area contributed by atoms with Gasteiger partial charge in [0.05, 0.1) is 0 Å². The Bertz CT molecular complexity index is 900. The summed E-state index contributed by atoms with van der Waals surface area (Å²) in [4.78, 5) is 0. The van der Waals surface area contributed by atoms with E-state index in [1.54, 1.807) is 0 Å². The first-order valence-corrected chi connectivity index (χ1v) is 10.2. The number of alkyl halides is 2. The Labute approximate surface area is 166 Å². The summed E-state index contributed by atoms with van der Waals surface area (Å²) in [6, 6.07) is 18.5. The maximum Gasteiger partial charge on any atom is 0.387 e. The first-order valence-electron chi connectivity index (χ1n) is 10.2. The number of benzene rings is 3. The van der Waals surface area contributed by atoms with E-state index in [1.165, 1.54) is 24.8 Å². The number of ether oxygens (including phenoxy) is 1. The molecule has 0 radical (unpaired) electrons. The van der Waals surface area contributed by atoms with Crippen molar-refractivity contribution < 1.29 is 13.5 Å². The molecule has 0 heterocycles. The first-order chi connectivity index (χ1) is 13.6. The van der Waals surface area contributed by atoms with Crippen LogP contribution in [0.2, 0.25) is 0 Å². The molecule has 1 nitrogen and oxygen atoms in total. The number of aryl methyl sites for hydroxylation is 2. The summed E-state index contributed by atoms with van der Waals surface area (Å²) in [5, 5.41) is 1.66. The summed E-state index contributed by atoms with van der Waals surface area (Å²) in [7, 11) is 0. The van der Waals surface area contributed by atoms with Crippen molar-refractivity contribution in [1.82, 2.24) is 0 Å². The van der Waals surface area contributed by atoms with Crippen LogP contribution in [-0.4, -0.2) is 6.61 Å². The minimum atomic E-state index is -2.82. The van der Waals surface area contributed by atoms with E-state index in [1.807, 2.05) is 31.2 Å². The van der Waals surface area contributed by atoms with E-state index in [4.69, 9.17) is 4.74 Å². The predicted octanol–water partition coefficient (Wildman–Crippen LogP) is 7.79. The number of unbranched alkanes of at least 4 members (excludes halogenated alkanes) is 2. The highest BCUT2D eigenvalue weighted by molar-refractivity contribution is 5.93. The van der Waals surface area contributed by atoms with Gasteiger partial charge in [-0.05, 0) is 53.0 Å². The lowest BCUT2D eigenvalue weighted by molar-refractivity contribution is -0.0493. The van der Waals surface area contributed by atoms with E-state index in [0.29, 0.717) is 5.75 Å². The molecule has 3 aromatic carbocycles. The van der Waals surface area contributed by atoms with Crippen LogP contribution in [0.1, 0.15) is 50.7 Å². The van der Waals surface area contributed by atoms with Gasteiger partial charge in [0.1, 0.15) is 5.75 Å². The van der Waals surface area contributed by atoms with Crippen LogP contribution < -0.4 is 4.74 Å². The lowest BCUT2D eigenvalue weighted by Crippen LogP contribution is -2.05. The molecule has 0 aliphatic carbocycles. The highest BCUT2D eigenvalue weighted by atomic mass is 19.3.